The van der Waals surface area contributed by atoms with Crippen molar-refractivity contribution >= 4 is 27.9 Å². The summed E-state index contributed by atoms with van der Waals surface area (Å²) >= 11 is 1.27. The Morgan fingerprint density at radius 3 is 2.00 bits per heavy atom. The molecule has 0 spiro atoms. The molecule has 26 valence electrons. The van der Waals surface area contributed by atoms with E-state index in [1.807, 2.05) is 6.08 Å². The van der Waals surface area contributed by atoms with E-state index in [2.05, 4.69) is 6.58 Å². The van der Waals surface area contributed by atoms with Crippen LogP contribution in [0.1, 0.15) is 0 Å². The minimum Gasteiger partial charge on any atom is -0.344 e. The second-order valence-corrected chi connectivity index (χ2v) is 1.51. The van der Waals surface area contributed by atoms with Crippen LogP contribution in [0.4, 0.5) is 0 Å². The Balaban J connectivity index is 0. The topological polar surface area (TPSA) is 35.0 Å². The van der Waals surface area contributed by atoms with Crippen molar-refractivity contribution in [2.24, 2.45) is 0 Å². The first kappa shape index (κ1) is 9.20. The van der Waals surface area contributed by atoms with Gasteiger partial charge < -0.3 is 6.15 Å². The van der Waals surface area contributed by atoms with Crippen LogP contribution in [0.3, 0.4) is 0 Å². The molecule has 0 amide bonds. The van der Waals surface area contributed by atoms with Crippen molar-refractivity contribution in [1.82, 2.24) is 6.15 Å². The fourth-order valence-electron chi connectivity index (χ4n) is 0. The summed E-state index contributed by atoms with van der Waals surface area (Å²) in [6.07, 6.45) is 1.94. The Morgan fingerprint density at radius 1 is 1.80 bits per heavy atom. The van der Waals surface area contributed by atoms with Crippen LogP contribution in [-0.4, -0.2) is 27.9 Å². The molecule has 0 rings (SSSR count). The second kappa shape index (κ2) is 8.83. The van der Waals surface area contributed by atoms with Crippen molar-refractivity contribution in [2.75, 3.05) is 0 Å². The third-order valence-electron chi connectivity index (χ3n) is 0.289. The predicted octanol–water partition coefficient (Wildman–Crippen LogP) is 0.921. The second-order valence-electron chi connectivity index (χ2n) is 0.697. The zero-order chi connectivity index (χ0) is 3.41. The van der Waals surface area contributed by atoms with Gasteiger partial charge in [-0.1, -0.05) is 0 Å². The van der Waals surface area contributed by atoms with Gasteiger partial charge in [-0.2, -0.15) is 0 Å². The van der Waals surface area contributed by atoms with Gasteiger partial charge >= 0.3 is 44.3 Å². The van der Waals surface area contributed by atoms with Crippen molar-refractivity contribution in [3.63, 3.8) is 0 Å². The molecule has 0 aromatic heterocycles. The molecular formula is C3H8NNa. The maximum absolute atomic E-state index is 3.51. The summed E-state index contributed by atoms with van der Waals surface area (Å²) in [5.74, 6) is 0. The van der Waals surface area contributed by atoms with Crippen LogP contribution in [0.15, 0.2) is 12.7 Å². The summed E-state index contributed by atoms with van der Waals surface area (Å²) in [4.78, 5) is 0. The Hall–Kier alpha value is 0.700. The molecule has 0 atom stereocenters. The van der Waals surface area contributed by atoms with Crippen molar-refractivity contribution in [2.45, 2.75) is 3.67 Å². The van der Waals surface area contributed by atoms with Gasteiger partial charge in [-0.05, 0) is 0 Å². The molecule has 0 aromatic carbocycles. The molecule has 0 unspecified atom stereocenters. The molecule has 1 nitrogen and oxygen atoms in total. The third kappa shape index (κ3) is 11.9. The van der Waals surface area contributed by atoms with E-state index >= 15 is 0 Å². The monoisotopic (exact) mass is 81.1 g/mol. The number of rotatable bonds is 1. The molecule has 0 aromatic rings. The van der Waals surface area contributed by atoms with Crippen molar-refractivity contribution in [1.29, 1.82) is 0 Å². The van der Waals surface area contributed by atoms with Crippen LogP contribution in [0, 0.1) is 0 Å². The fourth-order valence-corrected chi connectivity index (χ4v) is 0. The number of hydrogen-bond acceptors (Lipinski definition) is 1. The van der Waals surface area contributed by atoms with E-state index in [1.54, 1.807) is 0 Å². The largest absolute Gasteiger partial charge is 0.344 e. The van der Waals surface area contributed by atoms with Gasteiger partial charge in [0.05, 0.1) is 0 Å². The Kier molecular flexibility index (Phi) is 16.2. The van der Waals surface area contributed by atoms with Gasteiger partial charge in [0.15, 0.2) is 0 Å². The molecule has 0 saturated heterocycles. The van der Waals surface area contributed by atoms with Gasteiger partial charge in [0.2, 0.25) is 0 Å². The molecular weight excluding hydrogens is 73.0 g/mol. The first-order chi connectivity index (χ1) is 1.91. The van der Waals surface area contributed by atoms with Crippen LogP contribution in [-0.2, 0) is 0 Å². The molecule has 3 N–H and O–H groups in total. The van der Waals surface area contributed by atoms with Crippen LogP contribution in [0.2, 0.25) is 3.67 Å². The zero-order valence-corrected chi connectivity index (χ0v) is 5.70. The van der Waals surface area contributed by atoms with Gasteiger partial charge in [0, 0.05) is 0 Å². The molecule has 0 bridgehead atoms. The Morgan fingerprint density at radius 2 is 2.00 bits per heavy atom. The molecule has 0 aliphatic carbocycles. The summed E-state index contributed by atoms with van der Waals surface area (Å²) in [5.41, 5.74) is 0. The van der Waals surface area contributed by atoms with Crippen molar-refractivity contribution < 1.29 is 0 Å². The Bertz CT molecular complexity index is 20.9. The quantitative estimate of drug-likeness (QED) is 0.369. The normalized spacial score (nSPS) is 5.20. The molecule has 0 aliphatic rings. The summed E-state index contributed by atoms with van der Waals surface area (Å²) in [5, 5.41) is 0. The summed E-state index contributed by atoms with van der Waals surface area (Å²) in [6.45, 7) is 3.51. The van der Waals surface area contributed by atoms with E-state index < -0.39 is 0 Å². The maximum Gasteiger partial charge on any atom is -0.344 e. The van der Waals surface area contributed by atoms with Gasteiger partial charge in [-0.15, -0.1) is 0 Å². The molecule has 0 fully saturated rings. The minimum absolute atomic E-state index is 0. The van der Waals surface area contributed by atoms with Crippen LogP contribution < -0.4 is 6.15 Å². The van der Waals surface area contributed by atoms with E-state index in [-0.39, 0.29) is 6.15 Å². The van der Waals surface area contributed by atoms with E-state index in [1.165, 1.54) is 31.6 Å². The molecule has 0 aliphatic heterocycles. The first-order valence-corrected chi connectivity index (χ1v) is 2.94. The summed E-state index contributed by atoms with van der Waals surface area (Å²) < 4.78 is 1.22. The summed E-state index contributed by atoms with van der Waals surface area (Å²) in [6, 6.07) is 0. The third-order valence-corrected chi connectivity index (χ3v) is 0.866. The van der Waals surface area contributed by atoms with Gasteiger partial charge in [0.1, 0.15) is 0 Å². The maximum atomic E-state index is 3.51. The van der Waals surface area contributed by atoms with E-state index in [0.29, 0.717) is 0 Å². The SMILES string of the molecule is C=C[CH2][Na].N. The molecule has 0 saturated carbocycles. The van der Waals surface area contributed by atoms with E-state index in [9.17, 15) is 0 Å². The average molecular weight is 81.1 g/mol. The average Bonchev–Trinajstić information content (AvgIpc) is 1.37. The van der Waals surface area contributed by atoms with Crippen molar-refractivity contribution in [3.8, 4) is 0 Å². The molecule has 5 heavy (non-hydrogen) atoms. The van der Waals surface area contributed by atoms with Crippen LogP contribution in [0.25, 0.3) is 0 Å². The number of hydrogen-bond donors (Lipinski definition) is 1. The number of allylic oxidation sites excluding steroid dienone is 1. The molecule has 2 heteroatoms. The molecule has 0 heterocycles. The predicted molar refractivity (Wildman–Crippen MR) is 25.8 cm³/mol. The molecule has 0 radical (unpaired) electrons. The van der Waals surface area contributed by atoms with Crippen LogP contribution >= 0.6 is 0 Å². The van der Waals surface area contributed by atoms with E-state index in [4.69, 9.17) is 0 Å². The van der Waals surface area contributed by atoms with Gasteiger partial charge in [-0.25, -0.2) is 0 Å². The summed E-state index contributed by atoms with van der Waals surface area (Å²) in [7, 11) is 0. The minimum atomic E-state index is 0. The fraction of sp³-hybridized carbons (Fsp3) is 0.333. The zero-order valence-electron chi connectivity index (χ0n) is 3.70. The standard InChI is InChI=1S/C3H5.H3N.Na/c1-3-2;;/h3H,1-2H2;1H3;. The van der Waals surface area contributed by atoms with Gasteiger partial charge in [-0.3, -0.25) is 0 Å². The van der Waals surface area contributed by atoms with Gasteiger partial charge in [0.25, 0.3) is 0 Å². The van der Waals surface area contributed by atoms with Crippen molar-refractivity contribution in [3.05, 3.63) is 12.7 Å². The van der Waals surface area contributed by atoms with E-state index in [0.717, 1.165) is 0 Å². The first-order valence-electron chi connectivity index (χ1n) is 1.52. The smallest absolute Gasteiger partial charge is 0.344 e. The Labute approximate surface area is 50.4 Å². The van der Waals surface area contributed by atoms with Crippen LogP contribution in [0.5, 0.6) is 0 Å².